The Labute approximate surface area is 209 Å². The van der Waals surface area contributed by atoms with Crippen molar-refractivity contribution >= 4 is 24.7 Å². The Kier molecular flexibility index (Phi) is 7.06. The van der Waals surface area contributed by atoms with Crippen LogP contribution in [0.1, 0.15) is 5.69 Å². The molecule has 2 aromatic heterocycles. The highest BCUT2D eigenvalue weighted by Gasteiger charge is 2.20. The molecule has 0 atom stereocenters. The van der Waals surface area contributed by atoms with Crippen molar-refractivity contribution in [2.45, 2.75) is 39.3 Å². The Balaban J connectivity index is 1.85. The Morgan fingerprint density at radius 2 is 1.72 bits per heavy atom. The standard InChI is InChI=1S/C27H31F2N3O3Si/c1-17-12-21-26(32(17)16-34-10-11-36(3,4)5)22(15-31(2)27(21)33)20-14-19(30)7-9-24(20)35-25-8-6-18(28)13-23(25)29/h6-9,12-15H,10-11,16,30H2,1-5H3. The minimum absolute atomic E-state index is 0.121. The molecule has 4 rings (SSSR count). The number of nitrogens with zero attached hydrogens (tertiary/aromatic N) is 2. The summed E-state index contributed by atoms with van der Waals surface area (Å²) in [6, 6.07) is 11.0. The third-order valence-corrected chi connectivity index (χ3v) is 7.76. The lowest BCUT2D eigenvalue weighted by atomic mass is 10.0. The summed E-state index contributed by atoms with van der Waals surface area (Å²) in [5.74, 6) is -1.32. The maximum Gasteiger partial charge on any atom is 0.259 e. The molecule has 9 heteroatoms. The number of rotatable bonds is 8. The highest BCUT2D eigenvalue weighted by atomic mass is 28.3. The molecule has 0 aliphatic rings. The van der Waals surface area contributed by atoms with Crippen LogP contribution >= 0.6 is 0 Å². The number of fused-ring (bicyclic) bond motifs is 1. The summed E-state index contributed by atoms with van der Waals surface area (Å²) in [5.41, 5.74) is 9.26. The highest BCUT2D eigenvalue weighted by molar-refractivity contribution is 6.76. The van der Waals surface area contributed by atoms with Gasteiger partial charge in [-0.1, -0.05) is 19.6 Å². The molecule has 0 unspecified atom stereocenters. The summed E-state index contributed by atoms with van der Waals surface area (Å²) in [5, 5.41) is 0.530. The van der Waals surface area contributed by atoms with Gasteiger partial charge in [0.2, 0.25) is 0 Å². The predicted octanol–water partition coefficient (Wildman–Crippen LogP) is 6.28. The van der Waals surface area contributed by atoms with E-state index in [0.717, 1.165) is 23.9 Å². The van der Waals surface area contributed by atoms with Gasteiger partial charge in [-0.2, -0.15) is 0 Å². The zero-order valence-corrected chi connectivity index (χ0v) is 22.2. The molecule has 2 N–H and O–H groups in total. The average Bonchev–Trinajstić information content (AvgIpc) is 3.12. The maximum absolute atomic E-state index is 14.4. The molecule has 0 amide bonds. The van der Waals surface area contributed by atoms with Crippen LogP contribution in [0.25, 0.3) is 22.0 Å². The fourth-order valence-corrected chi connectivity index (χ4v) is 4.81. The van der Waals surface area contributed by atoms with Gasteiger partial charge in [0.1, 0.15) is 18.3 Å². The van der Waals surface area contributed by atoms with Gasteiger partial charge in [0.25, 0.3) is 5.56 Å². The molecule has 36 heavy (non-hydrogen) atoms. The Bertz CT molecular complexity index is 1490. The number of hydrogen-bond donors (Lipinski definition) is 1. The lowest BCUT2D eigenvalue weighted by Gasteiger charge is -2.18. The van der Waals surface area contributed by atoms with E-state index in [-0.39, 0.29) is 18.0 Å². The molecule has 190 valence electrons. The number of aryl methyl sites for hydroxylation is 2. The molecule has 6 nitrogen and oxygen atoms in total. The third-order valence-electron chi connectivity index (χ3n) is 6.06. The molecular weight excluding hydrogens is 480 g/mol. The molecular formula is C27H31F2N3O3Si. The lowest BCUT2D eigenvalue weighted by molar-refractivity contribution is 0.0890. The number of nitrogens with two attached hydrogens (primary N) is 1. The summed E-state index contributed by atoms with van der Waals surface area (Å²) in [6.45, 7) is 9.71. The van der Waals surface area contributed by atoms with Crippen LogP contribution in [0.5, 0.6) is 11.5 Å². The minimum Gasteiger partial charge on any atom is -0.454 e. The number of ether oxygens (including phenoxy) is 2. The van der Waals surface area contributed by atoms with E-state index in [1.54, 1.807) is 31.4 Å². The van der Waals surface area contributed by atoms with Gasteiger partial charge >= 0.3 is 0 Å². The molecule has 0 fully saturated rings. The Hall–Kier alpha value is -3.43. The second-order valence-electron chi connectivity index (χ2n) is 10.2. The second kappa shape index (κ2) is 9.91. The zero-order valence-electron chi connectivity index (χ0n) is 21.2. The molecule has 4 aromatic rings. The first-order valence-corrected chi connectivity index (χ1v) is 15.5. The number of benzene rings is 2. The van der Waals surface area contributed by atoms with E-state index in [4.69, 9.17) is 15.2 Å². The molecule has 0 saturated heterocycles. The minimum atomic E-state index is -1.26. The van der Waals surface area contributed by atoms with Crippen LogP contribution in [-0.2, 0) is 18.5 Å². The van der Waals surface area contributed by atoms with Gasteiger partial charge in [0.15, 0.2) is 11.6 Å². The number of hydrogen-bond acceptors (Lipinski definition) is 4. The van der Waals surface area contributed by atoms with Crippen LogP contribution in [0.4, 0.5) is 14.5 Å². The van der Waals surface area contributed by atoms with Crippen molar-refractivity contribution in [3.8, 4) is 22.6 Å². The summed E-state index contributed by atoms with van der Waals surface area (Å²) < 4.78 is 43.2. The van der Waals surface area contributed by atoms with Crippen LogP contribution in [0.2, 0.25) is 25.7 Å². The smallest absolute Gasteiger partial charge is 0.259 e. The van der Waals surface area contributed by atoms with Gasteiger partial charge in [-0.15, -0.1) is 0 Å². The van der Waals surface area contributed by atoms with E-state index in [1.807, 2.05) is 17.6 Å². The summed E-state index contributed by atoms with van der Waals surface area (Å²) in [6.07, 6.45) is 1.71. The van der Waals surface area contributed by atoms with E-state index in [1.165, 1.54) is 10.6 Å². The lowest BCUT2D eigenvalue weighted by Crippen LogP contribution is -2.22. The number of aromatic nitrogens is 2. The molecule has 0 saturated carbocycles. The SMILES string of the molecule is Cc1cc2c(=O)n(C)cc(-c3cc(N)ccc3Oc3ccc(F)cc3F)c2n1COCC[Si](C)(C)C. The second-order valence-corrected chi connectivity index (χ2v) is 15.8. The summed E-state index contributed by atoms with van der Waals surface area (Å²) in [4.78, 5) is 13.0. The van der Waals surface area contributed by atoms with Gasteiger partial charge in [-0.05, 0) is 49.4 Å². The van der Waals surface area contributed by atoms with Crippen molar-refractivity contribution < 1.29 is 18.3 Å². The number of pyridine rings is 1. The van der Waals surface area contributed by atoms with E-state index < -0.39 is 19.7 Å². The fourth-order valence-electron chi connectivity index (χ4n) is 4.06. The highest BCUT2D eigenvalue weighted by Crippen LogP contribution is 2.39. The molecule has 0 spiro atoms. The first kappa shape index (κ1) is 25.7. The van der Waals surface area contributed by atoms with Crippen molar-refractivity contribution in [1.29, 1.82) is 0 Å². The molecule has 2 heterocycles. The fraction of sp³-hybridized carbons (Fsp3) is 0.296. The van der Waals surface area contributed by atoms with Gasteiger partial charge in [-0.3, -0.25) is 4.79 Å². The molecule has 0 aliphatic carbocycles. The first-order chi connectivity index (χ1) is 16.9. The van der Waals surface area contributed by atoms with Crippen LogP contribution in [-0.4, -0.2) is 23.8 Å². The topological polar surface area (TPSA) is 71.4 Å². The van der Waals surface area contributed by atoms with Crippen LogP contribution in [0, 0.1) is 18.6 Å². The molecule has 0 bridgehead atoms. The van der Waals surface area contributed by atoms with Gasteiger partial charge in [-0.25, -0.2) is 8.78 Å². The van der Waals surface area contributed by atoms with Gasteiger partial charge < -0.3 is 24.3 Å². The number of halogens is 2. The van der Waals surface area contributed by atoms with Crippen molar-refractivity contribution in [1.82, 2.24) is 9.13 Å². The molecule has 0 aliphatic heterocycles. The van der Waals surface area contributed by atoms with E-state index in [9.17, 15) is 13.6 Å². The van der Waals surface area contributed by atoms with Crippen LogP contribution < -0.4 is 16.0 Å². The Morgan fingerprint density at radius 3 is 2.42 bits per heavy atom. The molecule has 2 aromatic carbocycles. The largest absolute Gasteiger partial charge is 0.454 e. The quantitative estimate of drug-likeness (QED) is 0.172. The maximum atomic E-state index is 14.4. The number of nitrogen functional groups attached to an aromatic ring is 1. The monoisotopic (exact) mass is 511 g/mol. The van der Waals surface area contributed by atoms with Crippen LogP contribution in [0.3, 0.4) is 0 Å². The Morgan fingerprint density at radius 1 is 1.00 bits per heavy atom. The zero-order chi connectivity index (χ0) is 26.2. The van der Waals surface area contributed by atoms with Crippen LogP contribution in [0.15, 0.2) is 53.5 Å². The van der Waals surface area contributed by atoms with Crippen molar-refractivity contribution in [2.24, 2.45) is 7.05 Å². The first-order valence-electron chi connectivity index (χ1n) is 11.7. The van der Waals surface area contributed by atoms with E-state index in [0.29, 0.717) is 40.1 Å². The van der Waals surface area contributed by atoms with Gasteiger partial charge in [0, 0.05) is 56.5 Å². The number of anilines is 1. The van der Waals surface area contributed by atoms with Crippen molar-refractivity contribution in [3.05, 3.63) is 76.3 Å². The normalized spacial score (nSPS) is 11.9. The summed E-state index contributed by atoms with van der Waals surface area (Å²) in [7, 11) is 0.418. The average molecular weight is 512 g/mol. The third kappa shape index (κ3) is 5.37. The van der Waals surface area contributed by atoms with Crippen molar-refractivity contribution in [3.63, 3.8) is 0 Å². The summed E-state index contributed by atoms with van der Waals surface area (Å²) >= 11 is 0. The van der Waals surface area contributed by atoms with E-state index in [2.05, 4.69) is 19.6 Å². The van der Waals surface area contributed by atoms with Crippen molar-refractivity contribution in [2.75, 3.05) is 12.3 Å². The van der Waals surface area contributed by atoms with E-state index >= 15 is 0 Å². The van der Waals surface area contributed by atoms with Gasteiger partial charge in [0.05, 0.1) is 10.9 Å². The predicted molar refractivity (Wildman–Crippen MR) is 142 cm³/mol. The molecule has 0 radical (unpaired) electrons.